The number of carbonyl (C=O) groups is 4. The molecule has 1 saturated heterocycles. The Hall–Kier alpha value is -2.02. The zero-order valence-corrected chi connectivity index (χ0v) is 16.9. The number of aldehydes is 1. The van der Waals surface area contributed by atoms with E-state index in [0.29, 0.717) is 31.3 Å². The van der Waals surface area contributed by atoms with Crippen LogP contribution in [0.1, 0.15) is 46.0 Å². The van der Waals surface area contributed by atoms with E-state index in [-0.39, 0.29) is 24.9 Å². The quantitative estimate of drug-likeness (QED) is 0.330. The summed E-state index contributed by atoms with van der Waals surface area (Å²) in [4.78, 5) is 50.0. The van der Waals surface area contributed by atoms with E-state index in [4.69, 9.17) is 9.47 Å². The van der Waals surface area contributed by atoms with E-state index >= 15 is 0 Å². The molecular weight excluding hydrogens is 376 g/mol. The Kier molecular flexibility index (Phi) is 4.53. The first kappa shape index (κ1) is 20.3. The van der Waals surface area contributed by atoms with Crippen LogP contribution in [-0.2, 0) is 28.7 Å². The summed E-state index contributed by atoms with van der Waals surface area (Å²) in [6.45, 7) is 7.16. The van der Waals surface area contributed by atoms with Gasteiger partial charge >= 0.3 is 11.9 Å². The number of rotatable bonds is 3. The second kappa shape index (κ2) is 6.49. The van der Waals surface area contributed by atoms with E-state index in [1.807, 2.05) is 6.92 Å². The Morgan fingerprint density at radius 1 is 1.38 bits per heavy atom. The van der Waals surface area contributed by atoms with E-state index in [1.54, 1.807) is 0 Å². The molecule has 0 amide bonds. The summed E-state index contributed by atoms with van der Waals surface area (Å²) < 4.78 is 10.9. The molecule has 7 atom stereocenters. The van der Waals surface area contributed by atoms with Crippen LogP contribution in [0.3, 0.4) is 0 Å². The van der Waals surface area contributed by atoms with E-state index in [2.05, 4.69) is 6.58 Å². The van der Waals surface area contributed by atoms with Crippen molar-refractivity contribution in [3.05, 3.63) is 12.2 Å². The molecule has 29 heavy (non-hydrogen) atoms. The van der Waals surface area contributed by atoms with Crippen molar-refractivity contribution in [2.45, 2.75) is 52.1 Å². The van der Waals surface area contributed by atoms with Gasteiger partial charge in [0.25, 0.3) is 0 Å². The lowest BCUT2D eigenvalue weighted by Gasteiger charge is -2.61. The molecule has 4 aliphatic rings. The summed E-state index contributed by atoms with van der Waals surface area (Å²) in [5.41, 5.74) is -2.61. The zero-order chi connectivity index (χ0) is 21.2. The third kappa shape index (κ3) is 2.52. The van der Waals surface area contributed by atoms with Gasteiger partial charge in [0.1, 0.15) is 11.7 Å². The molecular formula is C22H28O7. The summed E-state index contributed by atoms with van der Waals surface area (Å²) in [5, 5.41) is 11.2. The zero-order valence-electron chi connectivity index (χ0n) is 16.9. The Morgan fingerprint density at radius 2 is 2.10 bits per heavy atom. The number of esters is 2. The third-order valence-corrected chi connectivity index (χ3v) is 8.16. The predicted molar refractivity (Wildman–Crippen MR) is 100 cm³/mol. The van der Waals surface area contributed by atoms with Crippen molar-refractivity contribution in [1.82, 2.24) is 0 Å². The molecule has 1 aliphatic heterocycles. The Morgan fingerprint density at radius 3 is 2.76 bits per heavy atom. The average molecular weight is 404 g/mol. The third-order valence-electron chi connectivity index (χ3n) is 8.16. The topological polar surface area (TPSA) is 107 Å². The molecule has 4 rings (SSSR count). The van der Waals surface area contributed by atoms with Gasteiger partial charge in [-0.15, -0.1) is 0 Å². The first-order valence-electron chi connectivity index (χ1n) is 10.3. The SMILES string of the molecule is C=C1C(=O)[C@]23C[C@H]1C[C@@H](O)[C@H]2[C@]1(CCC[C@@](C)(COC(C)=O)[C@H]1C=O)COC3=O. The molecule has 3 saturated carbocycles. The van der Waals surface area contributed by atoms with Gasteiger partial charge in [-0.3, -0.25) is 14.4 Å². The standard InChI is InChI=1S/C22H28O7/c1-12-14-7-15(25)17-21(11-29-19(27)22(17,8-14)18(12)26)6-4-5-20(3,16(21)9-23)10-28-13(2)24/h9,14-17,25H,1,4-8,10-11H2,2-3H3/t14-,15-,16-,17+,20+,21-,22+/m1/s1. The molecule has 0 unspecified atom stereocenters. The number of aliphatic hydroxyl groups excluding tert-OH is 1. The normalized spacial score (nSPS) is 46.2. The van der Waals surface area contributed by atoms with Gasteiger partial charge in [0.15, 0.2) is 5.78 Å². The monoisotopic (exact) mass is 404 g/mol. The van der Waals surface area contributed by atoms with Gasteiger partial charge < -0.3 is 19.4 Å². The van der Waals surface area contributed by atoms with E-state index in [1.165, 1.54) is 6.92 Å². The fourth-order valence-electron chi connectivity index (χ4n) is 6.99. The summed E-state index contributed by atoms with van der Waals surface area (Å²) in [7, 11) is 0. The number of carbonyl (C=O) groups excluding carboxylic acids is 4. The number of hydrogen-bond donors (Lipinski definition) is 1. The maximum atomic E-state index is 13.2. The van der Waals surface area contributed by atoms with Crippen LogP contribution < -0.4 is 0 Å². The minimum absolute atomic E-state index is 0.0151. The van der Waals surface area contributed by atoms with Crippen LogP contribution in [-0.4, -0.2) is 48.4 Å². The van der Waals surface area contributed by atoms with Gasteiger partial charge in [-0.25, -0.2) is 0 Å². The fraction of sp³-hybridized carbons (Fsp3) is 0.727. The van der Waals surface area contributed by atoms with Crippen molar-refractivity contribution in [3.8, 4) is 0 Å². The maximum absolute atomic E-state index is 13.2. The first-order chi connectivity index (χ1) is 13.6. The van der Waals surface area contributed by atoms with Crippen molar-refractivity contribution in [3.63, 3.8) is 0 Å². The number of Topliss-reactive ketones (excluding diaryl/α,β-unsaturated/α-hetero) is 1. The second-order valence-corrected chi connectivity index (χ2v) is 9.72. The number of allylic oxidation sites excluding steroid dienone is 1. The molecule has 0 radical (unpaired) electrons. The minimum Gasteiger partial charge on any atom is -0.465 e. The predicted octanol–water partition coefficient (Wildman–Crippen LogP) is 1.61. The van der Waals surface area contributed by atoms with Crippen LogP contribution >= 0.6 is 0 Å². The summed E-state index contributed by atoms with van der Waals surface area (Å²) in [6, 6.07) is 0. The highest BCUT2D eigenvalue weighted by atomic mass is 16.5. The summed E-state index contributed by atoms with van der Waals surface area (Å²) >= 11 is 0. The smallest absolute Gasteiger partial charge is 0.320 e. The Bertz CT molecular complexity index is 803. The molecule has 158 valence electrons. The van der Waals surface area contributed by atoms with Crippen LogP contribution in [0.4, 0.5) is 0 Å². The lowest BCUT2D eigenvalue weighted by atomic mass is 9.44. The number of ketones is 1. The van der Waals surface area contributed by atoms with Gasteiger partial charge in [-0.05, 0) is 37.2 Å². The number of ether oxygens (including phenoxy) is 2. The second-order valence-electron chi connectivity index (χ2n) is 9.72. The number of fused-ring (bicyclic) bond motifs is 2. The van der Waals surface area contributed by atoms with Gasteiger partial charge in [-0.2, -0.15) is 0 Å². The van der Waals surface area contributed by atoms with Crippen molar-refractivity contribution >= 4 is 24.0 Å². The van der Waals surface area contributed by atoms with Gasteiger partial charge in [0, 0.05) is 29.6 Å². The highest BCUT2D eigenvalue weighted by Crippen LogP contribution is 2.67. The molecule has 0 aromatic heterocycles. The van der Waals surface area contributed by atoms with Crippen molar-refractivity contribution in [1.29, 1.82) is 0 Å². The van der Waals surface area contributed by atoms with Gasteiger partial charge in [0.05, 0.1) is 19.3 Å². The van der Waals surface area contributed by atoms with Crippen LogP contribution in [0.15, 0.2) is 12.2 Å². The number of aliphatic hydroxyl groups is 1. The maximum Gasteiger partial charge on any atom is 0.320 e. The van der Waals surface area contributed by atoms with Crippen LogP contribution in [0.25, 0.3) is 0 Å². The van der Waals surface area contributed by atoms with Crippen molar-refractivity contribution < 1.29 is 33.8 Å². The van der Waals surface area contributed by atoms with E-state index in [0.717, 1.165) is 12.7 Å². The van der Waals surface area contributed by atoms with Crippen LogP contribution in [0, 0.1) is 34.0 Å². The highest BCUT2D eigenvalue weighted by Gasteiger charge is 2.74. The lowest BCUT2D eigenvalue weighted by molar-refractivity contribution is -0.229. The molecule has 7 heteroatoms. The molecule has 1 N–H and O–H groups in total. The largest absolute Gasteiger partial charge is 0.465 e. The Balaban J connectivity index is 1.83. The van der Waals surface area contributed by atoms with Gasteiger partial charge in [-0.1, -0.05) is 19.9 Å². The van der Waals surface area contributed by atoms with Crippen molar-refractivity contribution in [2.75, 3.05) is 13.2 Å². The first-order valence-corrected chi connectivity index (χ1v) is 10.3. The molecule has 7 nitrogen and oxygen atoms in total. The van der Waals surface area contributed by atoms with Crippen LogP contribution in [0.5, 0.6) is 0 Å². The number of cyclic esters (lactones) is 1. The van der Waals surface area contributed by atoms with Gasteiger partial charge in [0.2, 0.25) is 0 Å². The Labute approximate surface area is 169 Å². The molecule has 4 fully saturated rings. The molecule has 1 heterocycles. The molecule has 2 bridgehead atoms. The summed E-state index contributed by atoms with van der Waals surface area (Å²) in [5.74, 6) is -2.92. The van der Waals surface area contributed by atoms with E-state index < -0.39 is 46.1 Å². The number of hydrogen-bond acceptors (Lipinski definition) is 7. The summed E-state index contributed by atoms with van der Waals surface area (Å²) in [6.07, 6.45) is 2.55. The molecule has 0 aromatic rings. The molecule has 0 aromatic carbocycles. The minimum atomic E-state index is -1.46. The van der Waals surface area contributed by atoms with Crippen LogP contribution in [0.2, 0.25) is 0 Å². The lowest BCUT2D eigenvalue weighted by Crippen LogP contribution is -2.67. The van der Waals surface area contributed by atoms with Crippen molar-refractivity contribution in [2.24, 2.45) is 34.0 Å². The average Bonchev–Trinajstić information content (AvgIpc) is 2.86. The highest BCUT2D eigenvalue weighted by molar-refractivity contribution is 6.15. The fourth-order valence-corrected chi connectivity index (χ4v) is 6.99. The van der Waals surface area contributed by atoms with E-state index in [9.17, 15) is 24.3 Å². The molecule has 3 aliphatic carbocycles. The molecule has 2 spiro atoms.